The third-order valence-corrected chi connectivity index (χ3v) is 4.93. The molecule has 0 saturated carbocycles. The quantitative estimate of drug-likeness (QED) is 0.273. The second-order valence-electron chi connectivity index (χ2n) is 6.28. The van der Waals surface area contributed by atoms with Gasteiger partial charge >= 0.3 is 11.9 Å². The van der Waals surface area contributed by atoms with Crippen molar-refractivity contribution in [1.29, 1.82) is 0 Å². The van der Waals surface area contributed by atoms with Crippen molar-refractivity contribution in [2.75, 3.05) is 0 Å². The molecule has 3 aromatic rings. The van der Waals surface area contributed by atoms with Crippen LogP contribution in [0.4, 0.5) is 0 Å². The van der Waals surface area contributed by atoms with Crippen LogP contribution in [0, 0.1) is 0 Å². The Morgan fingerprint density at radius 1 is 1.03 bits per heavy atom. The molecule has 0 radical (unpaired) electrons. The molecule has 1 aliphatic heterocycles. The molecule has 0 unspecified atom stereocenters. The maximum Gasteiger partial charge on any atom is 0.363 e. The predicted molar refractivity (Wildman–Crippen MR) is 118 cm³/mol. The lowest BCUT2D eigenvalue weighted by atomic mass is 10.1. The molecule has 0 aromatic heterocycles. The zero-order valence-corrected chi connectivity index (χ0v) is 17.7. The summed E-state index contributed by atoms with van der Waals surface area (Å²) in [5.74, 6) is -0.610. The van der Waals surface area contributed by atoms with Crippen LogP contribution in [-0.2, 0) is 9.53 Å². The molecule has 0 atom stereocenters. The van der Waals surface area contributed by atoms with E-state index in [-0.39, 0.29) is 11.6 Å². The van der Waals surface area contributed by atoms with Gasteiger partial charge in [0.1, 0.15) is 5.75 Å². The zero-order valence-electron chi connectivity index (χ0n) is 15.3. The summed E-state index contributed by atoms with van der Waals surface area (Å²) in [6.07, 6.45) is 1.53. The average Bonchev–Trinajstić information content (AvgIpc) is 3.10. The van der Waals surface area contributed by atoms with Gasteiger partial charge in [0, 0.05) is 20.6 Å². The summed E-state index contributed by atoms with van der Waals surface area (Å²) in [7, 11) is 0. The highest BCUT2D eigenvalue weighted by Crippen LogP contribution is 2.26. The zero-order chi connectivity index (χ0) is 21.1. The van der Waals surface area contributed by atoms with Crippen LogP contribution in [0.2, 0.25) is 5.02 Å². The minimum Gasteiger partial charge on any atom is -0.422 e. The Hall–Kier alpha value is -3.22. The van der Waals surface area contributed by atoms with Crippen LogP contribution in [0.1, 0.15) is 21.5 Å². The van der Waals surface area contributed by atoms with Gasteiger partial charge in [-0.3, -0.25) is 0 Å². The average molecular weight is 483 g/mol. The molecule has 0 N–H and O–H groups in total. The molecular weight excluding hydrogens is 470 g/mol. The lowest BCUT2D eigenvalue weighted by Crippen LogP contribution is -2.09. The number of hydrogen-bond donors (Lipinski definition) is 0. The Kier molecular flexibility index (Phi) is 5.79. The molecule has 0 bridgehead atoms. The van der Waals surface area contributed by atoms with Crippen LogP contribution >= 0.6 is 27.5 Å². The van der Waals surface area contributed by atoms with Crippen LogP contribution in [0.5, 0.6) is 5.75 Å². The molecule has 0 fully saturated rings. The van der Waals surface area contributed by atoms with Crippen LogP contribution in [-0.4, -0.2) is 17.8 Å². The first-order valence-corrected chi connectivity index (χ1v) is 10.0. The van der Waals surface area contributed by atoms with Crippen molar-refractivity contribution in [2.45, 2.75) is 0 Å². The Morgan fingerprint density at radius 2 is 1.80 bits per heavy atom. The van der Waals surface area contributed by atoms with Crippen molar-refractivity contribution in [1.82, 2.24) is 0 Å². The van der Waals surface area contributed by atoms with E-state index in [9.17, 15) is 9.59 Å². The summed E-state index contributed by atoms with van der Waals surface area (Å²) >= 11 is 9.24. The van der Waals surface area contributed by atoms with E-state index in [4.69, 9.17) is 21.1 Å². The molecule has 148 valence electrons. The van der Waals surface area contributed by atoms with E-state index in [1.165, 1.54) is 6.08 Å². The van der Waals surface area contributed by atoms with Gasteiger partial charge in [-0.05, 0) is 54.6 Å². The summed E-state index contributed by atoms with van der Waals surface area (Å²) in [5.41, 5.74) is 1.66. The number of cyclic esters (lactones) is 1. The summed E-state index contributed by atoms with van der Waals surface area (Å²) in [5, 5.41) is 0.524. The van der Waals surface area contributed by atoms with E-state index in [0.29, 0.717) is 27.5 Å². The summed E-state index contributed by atoms with van der Waals surface area (Å²) in [6, 6.07) is 20.5. The van der Waals surface area contributed by atoms with Crippen LogP contribution < -0.4 is 4.74 Å². The Morgan fingerprint density at radius 3 is 2.57 bits per heavy atom. The normalized spacial score (nSPS) is 14.4. The number of halogens is 2. The highest BCUT2D eigenvalue weighted by atomic mass is 79.9. The molecule has 0 saturated heterocycles. The standard InChI is InChI=1S/C23H13BrClNO4/c24-17-6-3-5-16(12-17)21-26-19(23(28)30-21)13-15-4-1-2-7-20(15)29-22(27)14-8-10-18(25)11-9-14/h1-13H/b19-13-. The smallest absolute Gasteiger partial charge is 0.363 e. The van der Waals surface area contributed by atoms with Crippen molar-refractivity contribution >= 4 is 51.4 Å². The maximum absolute atomic E-state index is 12.4. The maximum atomic E-state index is 12.4. The lowest BCUT2D eigenvalue weighted by Gasteiger charge is -2.07. The van der Waals surface area contributed by atoms with Crippen molar-refractivity contribution in [3.8, 4) is 5.75 Å². The summed E-state index contributed by atoms with van der Waals surface area (Å²) in [6.45, 7) is 0. The summed E-state index contributed by atoms with van der Waals surface area (Å²) < 4.78 is 11.6. The van der Waals surface area contributed by atoms with E-state index in [1.807, 2.05) is 12.1 Å². The lowest BCUT2D eigenvalue weighted by molar-refractivity contribution is -0.129. The van der Waals surface area contributed by atoms with Crippen LogP contribution in [0.3, 0.4) is 0 Å². The van der Waals surface area contributed by atoms with Crippen molar-refractivity contribution in [2.24, 2.45) is 4.99 Å². The first-order chi connectivity index (χ1) is 14.5. The fourth-order valence-electron chi connectivity index (χ4n) is 2.74. The topological polar surface area (TPSA) is 65.0 Å². The minimum absolute atomic E-state index is 0.111. The Bertz CT molecular complexity index is 1200. The van der Waals surface area contributed by atoms with Gasteiger partial charge in [0.15, 0.2) is 5.70 Å². The number of para-hydroxylation sites is 1. The van der Waals surface area contributed by atoms with Crippen molar-refractivity contribution in [3.63, 3.8) is 0 Å². The minimum atomic E-state index is -0.580. The highest BCUT2D eigenvalue weighted by molar-refractivity contribution is 9.10. The Balaban J connectivity index is 1.62. The molecule has 1 heterocycles. The number of ether oxygens (including phenoxy) is 2. The second kappa shape index (κ2) is 8.65. The monoisotopic (exact) mass is 481 g/mol. The number of aliphatic imine (C=N–C) groups is 1. The van der Waals surface area contributed by atoms with E-state index in [0.717, 1.165) is 4.47 Å². The van der Waals surface area contributed by atoms with Gasteiger partial charge in [0.2, 0.25) is 5.90 Å². The van der Waals surface area contributed by atoms with Crippen LogP contribution in [0.25, 0.3) is 6.08 Å². The summed E-state index contributed by atoms with van der Waals surface area (Å²) in [4.78, 5) is 29.0. The number of benzene rings is 3. The van der Waals surface area contributed by atoms with Gasteiger partial charge < -0.3 is 9.47 Å². The van der Waals surface area contributed by atoms with Gasteiger partial charge in [0.05, 0.1) is 5.56 Å². The van der Waals surface area contributed by atoms with Gasteiger partial charge in [-0.1, -0.05) is 51.8 Å². The van der Waals surface area contributed by atoms with Gasteiger partial charge in [-0.15, -0.1) is 0 Å². The number of esters is 2. The predicted octanol–water partition coefficient (Wildman–Crippen LogP) is 5.67. The van der Waals surface area contributed by atoms with E-state index in [1.54, 1.807) is 60.7 Å². The number of hydrogen-bond acceptors (Lipinski definition) is 5. The van der Waals surface area contributed by atoms with E-state index in [2.05, 4.69) is 20.9 Å². The van der Waals surface area contributed by atoms with Crippen molar-refractivity contribution in [3.05, 3.63) is 105 Å². The van der Waals surface area contributed by atoms with Crippen molar-refractivity contribution < 1.29 is 19.1 Å². The third-order valence-electron chi connectivity index (χ3n) is 4.19. The first kappa shape index (κ1) is 20.1. The van der Waals surface area contributed by atoms with Crippen LogP contribution in [0.15, 0.2) is 88.0 Å². The highest BCUT2D eigenvalue weighted by Gasteiger charge is 2.25. The molecule has 7 heteroatoms. The second-order valence-corrected chi connectivity index (χ2v) is 7.63. The number of carbonyl (C=O) groups excluding carboxylic acids is 2. The molecule has 5 nitrogen and oxygen atoms in total. The molecule has 3 aromatic carbocycles. The molecule has 0 spiro atoms. The van der Waals surface area contributed by atoms with E-state index >= 15 is 0 Å². The fraction of sp³-hybridized carbons (Fsp3) is 0. The number of rotatable bonds is 4. The number of nitrogens with zero attached hydrogens (tertiary/aromatic N) is 1. The van der Waals surface area contributed by atoms with Gasteiger partial charge in [0.25, 0.3) is 0 Å². The van der Waals surface area contributed by atoms with Gasteiger partial charge in [-0.25, -0.2) is 14.6 Å². The molecule has 0 amide bonds. The largest absolute Gasteiger partial charge is 0.422 e. The van der Waals surface area contributed by atoms with E-state index < -0.39 is 11.9 Å². The molecular formula is C23H13BrClNO4. The van der Waals surface area contributed by atoms with Gasteiger partial charge in [-0.2, -0.15) is 0 Å². The third kappa shape index (κ3) is 4.50. The molecule has 30 heavy (non-hydrogen) atoms. The molecule has 1 aliphatic rings. The fourth-order valence-corrected chi connectivity index (χ4v) is 3.26. The molecule has 0 aliphatic carbocycles. The number of carbonyl (C=O) groups is 2. The molecule has 4 rings (SSSR count). The Labute approximate surface area is 185 Å². The SMILES string of the molecule is O=C1OC(c2cccc(Br)c2)=N/C1=C\c1ccccc1OC(=O)c1ccc(Cl)cc1. The first-order valence-electron chi connectivity index (χ1n) is 8.85.